The van der Waals surface area contributed by atoms with Crippen LogP contribution < -0.4 is 4.74 Å². The van der Waals surface area contributed by atoms with E-state index in [0.717, 1.165) is 4.31 Å². The summed E-state index contributed by atoms with van der Waals surface area (Å²) in [5.41, 5.74) is 0.0996. The first-order chi connectivity index (χ1) is 13.1. The molecule has 0 heterocycles. The van der Waals surface area contributed by atoms with Crippen LogP contribution in [0, 0.1) is 10.1 Å². The first-order valence-electron chi connectivity index (χ1n) is 7.84. The number of halogens is 1. The van der Waals surface area contributed by atoms with Crippen LogP contribution in [-0.4, -0.2) is 44.3 Å². The van der Waals surface area contributed by atoms with Crippen LogP contribution in [0.4, 0.5) is 5.69 Å². The number of hydrogen-bond acceptors (Lipinski definition) is 7. The average molecular weight is 429 g/mol. The van der Waals surface area contributed by atoms with E-state index in [-0.39, 0.29) is 22.8 Å². The zero-order valence-electron chi connectivity index (χ0n) is 15.0. The second-order valence-corrected chi connectivity index (χ2v) is 8.11. The molecule has 0 spiro atoms. The lowest BCUT2D eigenvalue weighted by Crippen LogP contribution is -2.33. The van der Waals surface area contributed by atoms with Crippen LogP contribution in [0.3, 0.4) is 0 Å². The van der Waals surface area contributed by atoms with Gasteiger partial charge in [0.15, 0.2) is 0 Å². The zero-order valence-corrected chi connectivity index (χ0v) is 16.6. The summed E-state index contributed by atoms with van der Waals surface area (Å²) in [7, 11) is -1.30. The van der Waals surface area contributed by atoms with E-state index in [1.165, 1.54) is 56.6 Å². The summed E-state index contributed by atoms with van der Waals surface area (Å²) < 4.78 is 35.9. The Bertz CT molecular complexity index is 978. The van der Waals surface area contributed by atoms with Crippen LogP contribution in [0.25, 0.3) is 0 Å². The number of sulfonamides is 1. The molecule has 0 saturated heterocycles. The van der Waals surface area contributed by atoms with Gasteiger partial charge in [-0.15, -0.1) is 0 Å². The molecule has 0 bridgehead atoms. The number of methoxy groups -OCH3 is 1. The van der Waals surface area contributed by atoms with E-state index in [0.29, 0.717) is 10.8 Å². The number of esters is 1. The molecule has 28 heavy (non-hydrogen) atoms. The van der Waals surface area contributed by atoms with Crippen LogP contribution in [0.2, 0.25) is 5.02 Å². The summed E-state index contributed by atoms with van der Waals surface area (Å²) in [5.74, 6) is -0.519. The quantitative estimate of drug-likeness (QED) is 0.360. The molecular weight excluding hydrogens is 412 g/mol. The second kappa shape index (κ2) is 9.00. The third kappa shape index (κ3) is 5.18. The maximum atomic E-state index is 12.5. The van der Waals surface area contributed by atoms with Gasteiger partial charge >= 0.3 is 5.97 Å². The molecule has 0 fully saturated rings. The Morgan fingerprint density at radius 3 is 2.43 bits per heavy atom. The van der Waals surface area contributed by atoms with E-state index < -0.39 is 27.5 Å². The minimum atomic E-state index is -3.90. The smallest absolute Gasteiger partial charge is 0.321 e. The molecule has 11 heteroatoms. The molecule has 9 nitrogen and oxygen atoms in total. The lowest BCUT2D eigenvalue weighted by molar-refractivity contribution is -0.385. The molecule has 150 valence electrons. The normalized spacial score (nSPS) is 11.3. The van der Waals surface area contributed by atoms with Gasteiger partial charge in [-0.25, -0.2) is 8.42 Å². The SMILES string of the molecule is COc1ccc([N+](=O)[O-])cc1COC(=O)CN(C)S(=O)(=O)c1ccc(Cl)cc1. The van der Waals surface area contributed by atoms with Crippen LogP contribution in [0.1, 0.15) is 5.56 Å². The van der Waals surface area contributed by atoms with Crippen molar-refractivity contribution in [2.75, 3.05) is 20.7 Å². The Balaban J connectivity index is 2.05. The molecule has 0 aromatic heterocycles. The number of hydrogen-bond donors (Lipinski definition) is 0. The average Bonchev–Trinajstić information content (AvgIpc) is 2.66. The van der Waals surface area contributed by atoms with Gasteiger partial charge in [0.2, 0.25) is 10.0 Å². The minimum Gasteiger partial charge on any atom is -0.496 e. The Hall–Kier alpha value is -2.69. The predicted octanol–water partition coefficient (Wildman–Crippen LogP) is 2.62. The number of benzene rings is 2. The van der Waals surface area contributed by atoms with E-state index in [4.69, 9.17) is 21.1 Å². The third-order valence-electron chi connectivity index (χ3n) is 3.74. The standard InChI is InChI=1S/C17H17ClN2O7S/c1-19(28(24,25)15-6-3-13(18)4-7-15)10-17(21)27-11-12-9-14(20(22)23)5-8-16(12)26-2/h3-9H,10-11H2,1-2H3. The van der Waals surface area contributed by atoms with Crippen molar-refractivity contribution in [1.82, 2.24) is 4.31 Å². The highest BCUT2D eigenvalue weighted by Gasteiger charge is 2.24. The molecule has 0 aliphatic heterocycles. The van der Waals surface area contributed by atoms with Crippen molar-refractivity contribution in [2.45, 2.75) is 11.5 Å². The van der Waals surface area contributed by atoms with Crippen molar-refractivity contribution in [2.24, 2.45) is 0 Å². The maximum absolute atomic E-state index is 12.5. The zero-order chi connectivity index (χ0) is 20.9. The van der Waals surface area contributed by atoms with Crippen molar-refractivity contribution in [1.29, 1.82) is 0 Å². The van der Waals surface area contributed by atoms with Crippen molar-refractivity contribution < 1.29 is 27.6 Å². The molecule has 2 aromatic carbocycles. The third-order valence-corrected chi connectivity index (χ3v) is 5.81. The molecule has 0 aliphatic carbocycles. The largest absolute Gasteiger partial charge is 0.496 e. The summed E-state index contributed by atoms with van der Waals surface area (Å²) in [6, 6.07) is 9.38. The molecule has 2 rings (SSSR count). The van der Waals surface area contributed by atoms with E-state index >= 15 is 0 Å². The lowest BCUT2D eigenvalue weighted by Gasteiger charge is -2.17. The van der Waals surface area contributed by atoms with Crippen molar-refractivity contribution in [3.05, 3.63) is 63.2 Å². The Kier molecular flexibility index (Phi) is 6.95. The van der Waals surface area contributed by atoms with Crippen molar-refractivity contribution in [3.8, 4) is 5.75 Å². The van der Waals surface area contributed by atoms with Gasteiger partial charge in [-0.1, -0.05) is 11.6 Å². The lowest BCUT2D eigenvalue weighted by atomic mass is 10.2. The van der Waals surface area contributed by atoms with Gasteiger partial charge in [-0.3, -0.25) is 14.9 Å². The van der Waals surface area contributed by atoms with E-state index in [2.05, 4.69) is 0 Å². The molecule has 0 amide bonds. The fraction of sp³-hybridized carbons (Fsp3) is 0.235. The number of nitrogens with zero attached hydrogens (tertiary/aromatic N) is 2. The highest BCUT2D eigenvalue weighted by molar-refractivity contribution is 7.89. The van der Waals surface area contributed by atoms with E-state index in [9.17, 15) is 23.3 Å². The summed E-state index contributed by atoms with van der Waals surface area (Å²) >= 11 is 5.75. The van der Waals surface area contributed by atoms with Crippen LogP contribution in [0.5, 0.6) is 5.75 Å². The van der Waals surface area contributed by atoms with Crippen LogP contribution in [0.15, 0.2) is 47.4 Å². The molecule has 0 atom stereocenters. The van der Waals surface area contributed by atoms with Gasteiger partial charge in [-0.05, 0) is 30.3 Å². The fourth-order valence-corrected chi connectivity index (χ4v) is 3.49. The van der Waals surface area contributed by atoms with Crippen LogP contribution in [-0.2, 0) is 26.2 Å². The topological polar surface area (TPSA) is 116 Å². The van der Waals surface area contributed by atoms with Gasteiger partial charge in [0, 0.05) is 29.8 Å². The van der Waals surface area contributed by atoms with Gasteiger partial charge < -0.3 is 9.47 Å². The van der Waals surface area contributed by atoms with Crippen LogP contribution >= 0.6 is 11.6 Å². The first kappa shape index (κ1) is 21.6. The number of nitro groups is 1. The number of nitro benzene ring substituents is 1. The molecular formula is C17H17ClN2O7S. The van der Waals surface area contributed by atoms with Crippen molar-refractivity contribution in [3.63, 3.8) is 0 Å². The molecule has 2 aromatic rings. The number of carbonyl (C=O) groups is 1. The molecule has 0 radical (unpaired) electrons. The highest BCUT2D eigenvalue weighted by atomic mass is 35.5. The molecule has 0 aliphatic rings. The maximum Gasteiger partial charge on any atom is 0.321 e. The number of rotatable bonds is 8. The van der Waals surface area contributed by atoms with Gasteiger partial charge in [0.25, 0.3) is 5.69 Å². The number of carbonyl (C=O) groups excluding carboxylic acids is 1. The van der Waals surface area contributed by atoms with Crippen molar-refractivity contribution >= 4 is 33.3 Å². The highest BCUT2D eigenvalue weighted by Crippen LogP contribution is 2.25. The van der Waals surface area contributed by atoms with Gasteiger partial charge in [-0.2, -0.15) is 4.31 Å². The second-order valence-electron chi connectivity index (χ2n) is 5.63. The van der Waals surface area contributed by atoms with E-state index in [1.807, 2.05) is 0 Å². The predicted molar refractivity (Wildman–Crippen MR) is 101 cm³/mol. The summed E-state index contributed by atoms with van der Waals surface area (Å²) in [4.78, 5) is 22.3. The fourth-order valence-electron chi connectivity index (χ4n) is 2.25. The van der Waals surface area contributed by atoms with E-state index in [1.54, 1.807) is 0 Å². The van der Waals surface area contributed by atoms with Gasteiger partial charge in [0.05, 0.1) is 16.9 Å². The summed E-state index contributed by atoms with van der Waals surface area (Å²) in [6.07, 6.45) is 0. The minimum absolute atomic E-state index is 0.0208. The monoisotopic (exact) mass is 428 g/mol. The number of likely N-dealkylation sites (N-methyl/N-ethyl adjacent to an activating group) is 1. The summed E-state index contributed by atoms with van der Waals surface area (Å²) in [5, 5.41) is 11.3. The Morgan fingerprint density at radius 2 is 1.86 bits per heavy atom. The van der Waals surface area contributed by atoms with Gasteiger partial charge in [0.1, 0.15) is 18.9 Å². The first-order valence-corrected chi connectivity index (χ1v) is 9.66. The Labute approximate surface area is 166 Å². The number of non-ortho nitro benzene ring substituents is 1. The summed E-state index contributed by atoms with van der Waals surface area (Å²) in [6.45, 7) is -0.847. The number of ether oxygens (including phenoxy) is 2. The molecule has 0 unspecified atom stereocenters. The molecule has 0 N–H and O–H groups in total. The molecule has 0 saturated carbocycles. The Morgan fingerprint density at radius 1 is 1.21 bits per heavy atom.